The van der Waals surface area contributed by atoms with Crippen molar-refractivity contribution in [3.8, 4) is 5.75 Å². The Morgan fingerprint density at radius 3 is 2.67 bits per heavy atom. The first-order chi connectivity index (χ1) is 11.7. The lowest BCUT2D eigenvalue weighted by Gasteiger charge is -2.26. The van der Waals surface area contributed by atoms with Crippen LogP contribution >= 0.6 is 22.9 Å². The zero-order valence-corrected chi connectivity index (χ0v) is 15.0. The van der Waals surface area contributed by atoms with E-state index in [1.54, 1.807) is 35.6 Å². The van der Waals surface area contributed by atoms with Crippen LogP contribution < -0.4 is 10.1 Å². The highest BCUT2D eigenvalue weighted by molar-refractivity contribution is 7.10. The molecule has 6 heteroatoms. The lowest BCUT2D eigenvalue weighted by molar-refractivity contribution is -0.123. The first kappa shape index (κ1) is 17.3. The Kier molecular flexibility index (Phi) is 6.12. The number of likely N-dealkylation sites (tertiary alicyclic amines) is 1. The third-order valence-electron chi connectivity index (χ3n) is 4.13. The van der Waals surface area contributed by atoms with Crippen LogP contribution in [0.1, 0.15) is 23.8 Å². The van der Waals surface area contributed by atoms with E-state index in [9.17, 15) is 4.79 Å². The number of rotatable bonds is 7. The Morgan fingerprint density at radius 1 is 1.25 bits per heavy atom. The molecule has 1 aliphatic heterocycles. The standard InChI is InChI=1S/C18H21ClN2O2S/c19-14-5-7-15(8-6-14)23-13-18(22)20-12-16(17-4-3-11-24-17)21-9-1-2-10-21/h3-8,11,16H,1-2,9-10,12-13H2,(H,20,22). The predicted octanol–water partition coefficient (Wildman–Crippen LogP) is 3.73. The first-order valence-corrected chi connectivity index (χ1v) is 9.40. The number of nitrogens with one attached hydrogen (secondary N) is 1. The molecular formula is C18H21ClN2O2S. The van der Waals surface area contributed by atoms with Gasteiger partial charge < -0.3 is 10.1 Å². The zero-order chi connectivity index (χ0) is 16.8. The fourth-order valence-corrected chi connectivity index (χ4v) is 3.87. The minimum absolute atomic E-state index is 0.0127. The summed E-state index contributed by atoms with van der Waals surface area (Å²) >= 11 is 7.58. The maximum Gasteiger partial charge on any atom is 0.258 e. The highest BCUT2D eigenvalue weighted by Crippen LogP contribution is 2.27. The number of hydrogen-bond donors (Lipinski definition) is 1. The molecule has 24 heavy (non-hydrogen) atoms. The van der Waals surface area contributed by atoms with Gasteiger partial charge in [-0.25, -0.2) is 0 Å². The van der Waals surface area contributed by atoms with Crippen molar-refractivity contribution in [2.45, 2.75) is 18.9 Å². The van der Waals surface area contributed by atoms with Crippen LogP contribution in [0.4, 0.5) is 0 Å². The molecule has 1 aromatic carbocycles. The van der Waals surface area contributed by atoms with Gasteiger partial charge in [-0.15, -0.1) is 11.3 Å². The van der Waals surface area contributed by atoms with Crippen LogP contribution in [0.2, 0.25) is 5.02 Å². The van der Waals surface area contributed by atoms with Crippen LogP contribution in [-0.4, -0.2) is 37.0 Å². The molecule has 1 aliphatic rings. The molecule has 1 fully saturated rings. The largest absolute Gasteiger partial charge is 0.484 e. The van der Waals surface area contributed by atoms with Gasteiger partial charge in [-0.05, 0) is 61.6 Å². The number of benzene rings is 1. The quantitative estimate of drug-likeness (QED) is 0.813. The highest BCUT2D eigenvalue weighted by atomic mass is 35.5. The molecule has 1 amide bonds. The number of nitrogens with zero attached hydrogens (tertiary/aromatic N) is 1. The van der Waals surface area contributed by atoms with E-state index in [1.807, 2.05) is 0 Å². The van der Waals surface area contributed by atoms with Crippen molar-refractivity contribution in [2.24, 2.45) is 0 Å². The lowest BCUT2D eigenvalue weighted by atomic mass is 10.2. The molecule has 1 saturated heterocycles. The van der Waals surface area contributed by atoms with Crippen LogP contribution in [0.25, 0.3) is 0 Å². The molecule has 1 aromatic heterocycles. The third-order valence-corrected chi connectivity index (χ3v) is 5.35. The lowest BCUT2D eigenvalue weighted by Crippen LogP contribution is -2.38. The third kappa shape index (κ3) is 4.72. The molecule has 0 aliphatic carbocycles. The van der Waals surface area contributed by atoms with Gasteiger partial charge in [0.2, 0.25) is 0 Å². The van der Waals surface area contributed by atoms with E-state index in [2.05, 4.69) is 27.7 Å². The number of carbonyl (C=O) groups is 1. The molecule has 128 valence electrons. The normalized spacial score (nSPS) is 16.0. The van der Waals surface area contributed by atoms with Crippen molar-refractivity contribution in [3.63, 3.8) is 0 Å². The van der Waals surface area contributed by atoms with E-state index < -0.39 is 0 Å². The summed E-state index contributed by atoms with van der Waals surface area (Å²) in [6.45, 7) is 2.82. The molecule has 0 radical (unpaired) electrons. The first-order valence-electron chi connectivity index (χ1n) is 8.15. The van der Waals surface area contributed by atoms with Crippen molar-refractivity contribution >= 4 is 28.8 Å². The average molecular weight is 365 g/mol. The van der Waals surface area contributed by atoms with E-state index in [0.29, 0.717) is 17.3 Å². The maximum absolute atomic E-state index is 12.1. The van der Waals surface area contributed by atoms with Crippen LogP contribution in [0.3, 0.4) is 0 Å². The minimum atomic E-state index is -0.106. The van der Waals surface area contributed by atoms with Crippen molar-refractivity contribution in [2.75, 3.05) is 26.2 Å². The van der Waals surface area contributed by atoms with E-state index in [-0.39, 0.29) is 18.6 Å². The van der Waals surface area contributed by atoms with Gasteiger partial charge in [0, 0.05) is 16.4 Å². The molecular weight excluding hydrogens is 344 g/mol. The molecule has 3 rings (SSSR count). The average Bonchev–Trinajstić information content (AvgIpc) is 3.29. The summed E-state index contributed by atoms with van der Waals surface area (Å²) in [6, 6.07) is 11.5. The molecule has 0 spiro atoms. The Morgan fingerprint density at radius 2 is 2.00 bits per heavy atom. The SMILES string of the molecule is O=C(COc1ccc(Cl)cc1)NCC(c1cccs1)N1CCCC1. The number of halogens is 1. The Labute approximate surface area is 151 Å². The second kappa shape index (κ2) is 8.51. The van der Waals surface area contributed by atoms with Crippen LogP contribution in [-0.2, 0) is 4.79 Å². The minimum Gasteiger partial charge on any atom is -0.484 e. The summed E-state index contributed by atoms with van der Waals surface area (Å²) < 4.78 is 5.49. The van der Waals surface area contributed by atoms with E-state index in [4.69, 9.17) is 16.3 Å². The zero-order valence-electron chi connectivity index (χ0n) is 13.4. The summed E-state index contributed by atoms with van der Waals surface area (Å²) in [6.07, 6.45) is 2.46. The molecule has 0 saturated carbocycles. The van der Waals surface area contributed by atoms with Crippen molar-refractivity contribution < 1.29 is 9.53 Å². The Hall–Kier alpha value is -1.56. The van der Waals surface area contributed by atoms with Crippen LogP contribution in [0.5, 0.6) is 5.75 Å². The Bertz CT molecular complexity index is 640. The van der Waals surface area contributed by atoms with Gasteiger partial charge >= 0.3 is 0 Å². The Balaban J connectivity index is 1.50. The smallest absolute Gasteiger partial charge is 0.258 e. The van der Waals surface area contributed by atoms with Crippen molar-refractivity contribution in [3.05, 3.63) is 51.7 Å². The molecule has 1 unspecified atom stereocenters. The number of carbonyl (C=O) groups excluding carboxylic acids is 1. The summed E-state index contributed by atoms with van der Waals surface area (Å²) in [5.41, 5.74) is 0. The monoisotopic (exact) mass is 364 g/mol. The van der Waals surface area contributed by atoms with Gasteiger partial charge in [-0.2, -0.15) is 0 Å². The second-order valence-corrected chi connectivity index (χ2v) is 7.24. The number of ether oxygens (including phenoxy) is 1. The molecule has 0 bridgehead atoms. The van der Waals surface area contributed by atoms with E-state index >= 15 is 0 Å². The number of amides is 1. The second-order valence-electron chi connectivity index (χ2n) is 5.82. The summed E-state index contributed by atoms with van der Waals surface area (Å²) in [5.74, 6) is 0.537. The molecule has 1 N–H and O–H groups in total. The fourth-order valence-electron chi connectivity index (χ4n) is 2.89. The van der Waals surface area contributed by atoms with Gasteiger partial charge in [0.15, 0.2) is 6.61 Å². The van der Waals surface area contributed by atoms with Crippen LogP contribution in [0.15, 0.2) is 41.8 Å². The van der Waals surface area contributed by atoms with E-state index in [0.717, 1.165) is 13.1 Å². The molecule has 4 nitrogen and oxygen atoms in total. The van der Waals surface area contributed by atoms with Gasteiger partial charge in [-0.1, -0.05) is 17.7 Å². The number of hydrogen-bond acceptors (Lipinski definition) is 4. The topological polar surface area (TPSA) is 41.6 Å². The van der Waals surface area contributed by atoms with Crippen LogP contribution in [0, 0.1) is 0 Å². The van der Waals surface area contributed by atoms with Crippen molar-refractivity contribution in [1.82, 2.24) is 10.2 Å². The predicted molar refractivity (Wildman–Crippen MR) is 97.8 cm³/mol. The molecule has 1 atom stereocenters. The maximum atomic E-state index is 12.1. The summed E-state index contributed by atoms with van der Waals surface area (Å²) in [7, 11) is 0. The van der Waals surface area contributed by atoms with Gasteiger partial charge in [0.1, 0.15) is 5.75 Å². The van der Waals surface area contributed by atoms with Gasteiger partial charge in [0.25, 0.3) is 5.91 Å². The van der Waals surface area contributed by atoms with Gasteiger partial charge in [-0.3, -0.25) is 9.69 Å². The molecule has 2 heterocycles. The molecule has 2 aromatic rings. The van der Waals surface area contributed by atoms with E-state index in [1.165, 1.54) is 17.7 Å². The van der Waals surface area contributed by atoms with Crippen molar-refractivity contribution in [1.29, 1.82) is 0 Å². The summed E-state index contributed by atoms with van der Waals surface area (Å²) in [4.78, 5) is 15.8. The number of thiophene rings is 1. The van der Waals surface area contributed by atoms with Gasteiger partial charge in [0.05, 0.1) is 6.04 Å². The summed E-state index contributed by atoms with van der Waals surface area (Å²) in [5, 5.41) is 5.74. The fraction of sp³-hybridized carbons (Fsp3) is 0.389. The highest BCUT2D eigenvalue weighted by Gasteiger charge is 2.24.